The van der Waals surface area contributed by atoms with Crippen molar-refractivity contribution in [3.05, 3.63) is 29.3 Å². The van der Waals surface area contributed by atoms with Crippen molar-refractivity contribution in [1.29, 1.82) is 0 Å². The normalized spacial score (nSPS) is 24.4. The molecule has 192 valence electrons. The van der Waals surface area contributed by atoms with E-state index in [2.05, 4.69) is 10.6 Å². The van der Waals surface area contributed by atoms with Crippen LogP contribution in [0, 0.1) is 5.92 Å². The first kappa shape index (κ1) is 25.6. The molecule has 2 N–H and O–H groups in total. The van der Waals surface area contributed by atoms with Crippen LogP contribution in [0.5, 0.6) is 5.75 Å². The van der Waals surface area contributed by atoms with Crippen LogP contribution in [0.1, 0.15) is 80.1 Å². The average Bonchev–Trinajstić information content (AvgIpc) is 3.18. The van der Waals surface area contributed by atoms with E-state index < -0.39 is 6.04 Å². The minimum Gasteiger partial charge on any atom is -0.494 e. The molecule has 3 aliphatic rings. The van der Waals surface area contributed by atoms with E-state index in [0.717, 1.165) is 43.2 Å². The van der Waals surface area contributed by atoms with Crippen molar-refractivity contribution < 1.29 is 23.9 Å². The van der Waals surface area contributed by atoms with Gasteiger partial charge in [0.25, 0.3) is 5.91 Å². The number of unbranched alkanes of at least 4 members (excludes halogenated alkanes) is 3. The first-order chi connectivity index (χ1) is 17.0. The molecular formula is C27H39N3O5. The number of hydrogen-bond donors (Lipinski definition) is 2. The summed E-state index contributed by atoms with van der Waals surface area (Å²) in [6.07, 6.45) is 10.5. The zero-order valence-corrected chi connectivity index (χ0v) is 20.9. The third-order valence-corrected chi connectivity index (χ3v) is 7.57. The van der Waals surface area contributed by atoms with E-state index in [-0.39, 0.29) is 24.1 Å². The number of benzene rings is 1. The maximum Gasteiger partial charge on any atom is 0.255 e. The smallest absolute Gasteiger partial charge is 0.255 e. The van der Waals surface area contributed by atoms with Crippen molar-refractivity contribution in [1.82, 2.24) is 15.5 Å². The van der Waals surface area contributed by atoms with Gasteiger partial charge in [-0.2, -0.15) is 0 Å². The van der Waals surface area contributed by atoms with Crippen molar-refractivity contribution in [2.45, 2.75) is 82.9 Å². The number of hydrogen-bond acceptors (Lipinski definition) is 6. The van der Waals surface area contributed by atoms with Gasteiger partial charge in [0.05, 0.1) is 12.7 Å². The molecule has 3 amide bonds. The molecule has 0 spiro atoms. The highest BCUT2D eigenvalue weighted by Gasteiger charge is 2.39. The molecule has 2 heterocycles. The van der Waals surface area contributed by atoms with E-state index in [1.807, 2.05) is 19.2 Å². The van der Waals surface area contributed by atoms with Gasteiger partial charge in [0.15, 0.2) is 0 Å². The Morgan fingerprint density at radius 2 is 1.83 bits per heavy atom. The predicted octanol–water partition coefficient (Wildman–Crippen LogP) is 3.18. The standard InChI is InChI=1S/C27H39N3O5/c1-34-21-8-6-19(7-9-21)17-28-14-4-2-3-5-15-35-22-10-11-23-20(16-22)18-30(27(23)33)24-12-13-25(31)29-26(24)32/h10-11,16,19,21,24,28H,2-9,12-15,17-18H2,1H3,(H,29,31,32)/t19-,21+,24?. The fourth-order valence-electron chi connectivity index (χ4n) is 5.41. The molecule has 0 radical (unpaired) electrons. The highest BCUT2D eigenvalue weighted by atomic mass is 16.5. The molecule has 0 bridgehead atoms. The van der Waals surface area contributed by atoms with Crippen molar-refractivity contribution in [3.8, 4) is 5.75 Å². The number of carbonyl (C=O) groups excluding carboxylic acids is 3. The SMILES string of the molecule is CO[C@H]1CC[C@@H](CNCCCCCCOc2ccc3c(c2)CN(C2CCC(=O)NC2=O)C3=O)CC1. The Hall–Kier alpha value is -2.45. The van der Waals surface area contributed by atoms with Gasteiger partial charge in [-0.25, -0.2) is 0 Å². The second-order valence-corrected chi connectivity index (χ2v) is 10.1. The van der Waals surface area contributed by atoms with Gasteiger partial charge in [-0.3, -0.25) is 19.7 Å². The number of carbonyl (C=O) groups is 3. The van der Waals surface area contributed by atoms with Gasteiger partial charge in [0.1, 0.15) is 11.8 Å². The molecule has 35 heavy (non-hydrogen) atoms. The highest BCUT2D eigenvalue weighted by Crippen LogP contribution is 2.30. The van der Waals surface area contributed by atoms with Crippen LogP contribution in [-0.2, 0) is 20.9 Å². The minimum atomic E-state index is -0.586. The Balaban J connectivity index is 1.09. The molecule has 0 aromatic heterocycles. The highest BCUT2D eigenvalue weighted by molar-refractivity contribution is 6.05. The molecule has 2 fully saturated rings. The number of methoxy groups -OCH3 is 1. The second-order valence-electron chi connectivity index (χ2n) is 10.1. The van der Waals surface area contributed by atoms with Crippen LogP contribution in [0.15, 0.2) is 18.2 Å². The lowest BCUT2D eigenvalue weighted by Gasteiger charge is -2.29. The van der Waals surface area contributed by atoms with E-state index >= 15 is 0 Å². The zero-order chi connectivity index (χ0) is 24.6. The monoisotopic (exact) mass is 485 g/mol. The van der Waals surface area contributed by atoms with Gasteiger partial charge in [-0.05, 0) is 87.7 Å². The number of ether oxygens (including phenoxy) is 2. The summed E-state index contributed by atoms with van der Waals surface area (Å²) in [7, 11) is 1.82. The third-order valence-electron chi connectivity index (χ3n) is 7.57. The number of nitrogens with zero attached hydrogens (tertiary/aromatic N) is 1. The molecule has 1 atom stereocenters. The van der Waals surface area contributed by atoms with Gasteiger partial charge in [-0.1, -0.05) is 12.8 Å². The summed E-state index contributed by atoms with van der Waals surface area (Å²) in [5, 5.41) is 5.95. The topological polar surface area (TPSA) is 97.0 Å². The van der Waals surface area contributed by atoms with Gasteiger partial charge in [0.2, 0.25) is 11.8 Å². The lowest BCUT2D eigenvalue weighted by molar-refractivity contribution is -0.136. The summed E-state index contributed by atoms with van der Waals surface area (Å²) < 4.78 is 11.4. The Labute approximate surface area is 208 Å². The van der Waals surface area contributed by atoms with Gasteiger partial charge >= 0.3 is 0 Å². The number of nitrogens with one attached hydrogen (secondary N) is 2. The summed E-state index contributed by atoms with van der Waals surface area (Å²) in [6.45, 7) is 3.23. The molecular weight excluding hydrogens is 446 g/mol. The molecule has 1 aromatic rings. The lowest BCUT2D eigenvalue weighted by Crippen LogP contribution is -2.52. The molecule has 1 saturated heterocycles. The number of rotatable bonds is 12. The van der Waals surface area contributed by atoms with E-state index in [0.29, 0.717) is 31.2 Å². The quantitative estimate of drug-likeness (QED) is 0.349. The molecule has 1 aromatic carbocycles. The number of fused-ring (bicyclic) bond motifs is 1. The van der Waals surface area contributed by atoms with Gasteiger partial charge in [0, 0.05) is 25.6 Å². The molecule has 8 heteroatoms. The molecule has 1 aliphatic carbocycles. The average molecular weight is 486 g/mol. The van der Waals surface area contributed by atoms with Crippen LogP contribution < -0.4 is 15.4 Å². The Kier molecular flexibility index (Phi) is 9.15. The summed E-state index contributed by atoms with van der Waals surface area (Å²) in [4.78, 5) is 37.9. The van der Waals surface area contributed by atoms with Crippen molar-refractivity contribution in [3.63, 3.8) is 0 Å². The zero-order valence-electron chi connectivity index (χ0n) is 20.9. The maximum absolute atomic E-state index is 12.8. The summed E-state index contributed by atoms with van der Waals surface area (Å²) in [6, 6.07) is 4.93. The van der Waals surface area contributed by atoms with E-state index in [1.54, 1.807) is 11.0 Å². The molecule has 1 saturated carbocycles. The summed E-state index contributed by atoms with van der Waals surface area (Å²) >= 11 is 0. The van der Waals surface area contributed by atoms with Crippen LogP contribution in [-0.4, -0.2) is 61.6 Å². The largest absolute Gasteiger partial charge is 0.494 e. The Bertz CT molecular complexity index is 897. The molecule has 4 rings (SSSR count). The maximum atomic E-state index is 12.8. The fraction of sp³-hybridized carbons (Fsp3) is 0.667. The van der Waals surface area contributed by atoms with Crippen molar-refractivity contribution in [2.24, 2.45) is 5.92 Å². The van der Waals surface area contributed by atoms with Crippen LogP contribution >= 0.6 is 0 Å². The third kappa shape index (κ3) is 6.82. The summed E-state index contributed by atoms with van der Waals surface area (Å²) in [5.41, 5.74) is 1.49. The van der Waals surface area contributed by atoms with Crippen LogP contribution in [0.3, 0.4) is 0 Å². The predicted molar refractivity (Wildman–Crippen MR) is 132 cm³/mol. The first-order valence-electron chi connectivity index (χ1n) is 13.2. The van der Waals surface area contributed by atoms with Gasteiger partial charge < -0.3 is 19.7 Å². The van der Waals surface area contributed by atoms with E-state index in [1.165, 1.54) is 38.5 Å². The van der Waals surface area contributed by atoms with E-state index in [9.17, 15) is 14.4 Å². The van der Waals surface area contributed by atoms with Crippen molar-refractivity contribution >= 4 is 17.7 Å². The van der Waals surface area contributed by atoms with E-state index in [4.69, 9.17) is 9.47 Å². The van der Waals surface area contributed by atoms with Crippen LogP contribution in [0.25, 0.3) is 0 Å². The van der Waals surface area contributed by atoms with Crippen LogP contribution in [0.2, 0.25) is 0 Å². The Morgan fingerprint density at radius 3 is 2.60 bits per heavy atom. The first-order valence-corrected chi connectivity index (χ1v) is 13.2. The minimum absolute atomic E-state index is 0.155. The Morgan fingerprint density at radius 1 is 1.03 bits per heavy atom. The molecule has 1 unspecified atom stereocenters. The summed E-state index contributed by atoms with van der Waals surface area (Å²) in [5.74, 6) is 0.739. The number of imide groups is 1. The fourth-order valence-corrected chi connectivity index (χ4v) is 5.41. The molecule has 8 nitrogen and oxygen atoms in total. The lowest BCUT2D eigenvalue weighted by atomic mass is 9.87. The number of piperidine rings is 1. The van der Waals surface area contributed by atoms with Gasteiger partial charge in [-0.15, -0.1) is 0 Å². The van der Waals surface area contributed by atoms with Crippen molar-refractivity contribution in [2.75, 3.05) is 26.8 Å². The second kappa shape index (κ2) is 12.5. The van der Waals surface area contributed by atoms with Crippen LogP contribution in [0.4, 0.5) is 0 Å². The molecule has 2 aliphatic heterocycles. The number of amides is 3.